The lowest BCUT2D eigenvalue weighted by molar-refractivity contribution is 0.0924. The summed E-state index contributed by atoms with van der Waals surface area (Å²) < 4.78 is 0. The predicted molar refractivity (Wildman–Crippen MR) is 82.5 cm³/mol. The Bertz CT molecular complexity index is 596. The molecular formula is C15H16ClNO2S. The topological polar surface area (TPSA) is 49.3 Å². The van der Waals surface area contributed by atoms with Gasteiger partial charge in [0.05, 0.1) is 11.6 Å². The molecule has 2 N–H and O–H groups in total. The summed E-state index contributed by atoms with van der Waals surface area (Å²) in [6.07, 6.45) is 0. The number of aromatic hydroxyl groups is 1. The first-order valence-corrected chi connectivity index (χ1v) is 7.57. The molecule has 1 unspecified atom stereocenters. The zero-order valence-electron chi connectivity index (χ0n) is 11.3. The van der Waals surface area contributed by atoms with Crippen molar-refractivity contribution in [3.8, 4) is 5.75 Å². The summed E-state index contributed by atoms with van der Waals surface area (Å²) in [6.45, 7) is 4.09. The summed E-state index contributed by atoms with van der Waals surface area (Å²) in [5.74, 6) is -0.142. The van der Waals surface area contributed by atoms with Gasteiger partial charge in [0.25, 0.3) is 5.91 Å². The van der Waals surface area contributed by atoms with Crippen LogP contribution in [0.25, 0.3) is 0 Å². The molecule has 1 heterocycles. The SMILES string of the molecule is CC(C)C(NC(=O)c1cc(Cl)ccc1O)c1cccs1. The molecule has 0 bridgehead atoms. The minimum absolute atomic E-state index is 0.0689. The lowest BCUT2D eigenvalue weighted by atomic mass is 10.0. The molecule has 0 saturated carbocycles. The molecule has 3 nitrogen and oxygen atoms in total. The molecule has 5 heteroatoms. The number of carbonyl (C=O) groups is 1. The van der Waals surface area contributed by atoms with Gasteiger partial charge < -0.3 is 10.4 Å². The van der Waals surface area contributed by atoms with Crippen LogP contribution >= 0.6 is 22.9 Å². The fourth-order valence-electron chi connectivity index (χ4n) is 1.94. The zero-order chi connectivity index (χ0) is 14.7. The maximum atomic E-state index is 12.3. The summed E-state index contributed by atoms with van der Waals surface area (Å²) in [4.78, 5) is 13.4. The molecule has 1 amide bonds. The van der Waals surface area contributed by atoms with Crippen LogP contribution in [0.4, 0.5) is 0 Å². The molecule has 0 aliphatic heterocycles. The number of phenols is 1. The van der Waals surface area contributed by atoms with Gasteiger partial charge in [0.2, 0.25) is 0 Å². The van der Waals surface area contributed by atoms with Crippen LogP contribution in [-0.2, 0) is 0 Å². The number of phenolic OH excluding ortho intramolecular Hbond substituents is 1. The van der Waals surface area contributed by atoms with Gasteiger partial charge in [-0.25, -0.2) is 0 Å². The van der Waals surface area contributed by atoms with Crippen molar-refractivity contribution in [2.75, 3.05) is 0 Å². The minimum Gasteiger partial charge on any atom is -0.507 e. The Hall–Kier alpha value is -1.52. The molecule has 2 rings (SSSR count). The van der Waals surface area contributed by atoms with Crippen molar-refractivity contribution in [1.82, 2.24) is 5.32 Å². The fraction of sp³-hybridized carbons (Fsp3) is 0.267. The van der Waals surface area contributed by atoms with Gasteiger partial charge >= 0.3 is 0 Å². The van der Waals surface area contributed by atoms with Gasteiger partial charge in [-0.05, 0) is 35.6 Å². The second-order valence-electron chi connectivity index (χ2n) is 4.87. The number of amides is 1. The van der Waals surface area contributed by atoms with Gasteiger partial charge in [-0.15, -0.1) is 11.3 Å². The number of rotatable bonds is 4. The number of hydrogen-bond donors (Lipinski definition) is 2. The lowest BCUT2D eigenvalue weighted by Crippen LogP contribution is -2.31. The van der Waals surface area contributed by atoms with Crippen molar-refractivity contribution in [3.63, 3.8) is 0 Å². The third kappa shape index (κ3) is 3.32. The van der Waals surface area contributed by atoms with Crippen LogP contribution in [0.3, 0.4) is 0 Å². The van der Waals surface area contributed by atoms with E-state index in [1.165, 1.54) is 12.1 Å². The van der Waals surface area contributed by atoms with Gasteiger partial charge in [0.1, 0.15) is 5.75 Å². The molecule has 0 aliphatic rings. The molecule has 0 fully saturated rings. The highest BCUT2D eigenvalue weighted by molar-refractivity contribution is 7.10. The molecule has 0 spiro atoms. The van der Waals surface area contributed by atoms with Crippen molar-refractivity contribution < 1.29 is 9.90 Å². The molecule has 0 radical (unpaired) electrons. The third-order valence-electron chi connectivity index (χ3n) is 3.01. The molecule has 1 atom stereocenters. The highest BCUT2D eigenvalue weighted by Gasteiger charge is 2.21. The molecule has 0 saturated heterocycles. The Morgan fingerprint density at radius 2 is 2.10 bits per heavy atom. The summed E-state index contributed by atoms with van der Waals surface area (Å²) >= 11 is 7.47. The van der Waals surface area contributed by atoms with Crippen LogP contribution in [0.15, 0.2) is 35.7 Å². The molecule has 1 aromatic carbocycles. The number of benzene rings is 1. The zero-order valence-corrected chi connectivity index (χ0v) is 12.8. The number of thiophene rings is 1. The van der Waals surface area contributed by atoms with Crippen LogP contribution in [0.2, 0.25) is 5.02 Å². The average Bonchev–Trinajstić information content (AvgIpc) is 2.91. The Labute approximate surface area is 127 Å². The minimum atomic E-state index is -0.322. The molecule has 20 heavy (non-hydrogen) atoms. The van der Waals surface area contributed by atoms with E-state index in [0.717, 1.165) is 4.88 Å². The molecule has 0 aliphatic carbocycles. The highest BCUT2D eigenvalue weighted by atomic mass is 35.5. The van der Waals surface area contributed by atoms with E-state index in [4.69, 9.17) is 11.6 Å². The van der Waals surface area contributed by atoms with Crippen LogP contribution in [-0.4, -0.2) is 11.0 Å². The van der Waals surface area contributed by atoms with E-state index in [9.17, 15) is 9.90 Å². The maximum Gasteiger partial charge on any atom is 0.255 e. The van der Waals surface area contributed by atoms with Crippen molar-refractivity contribution >= 4 is 28.8 Å². The first-order valence-electron chi connectivity index (χ1n) is 6.32. The Balaban J connectivity index is 2.23. The Morgan fingerprint density at radius 3 is 2.70 bits per heavy atom. The van der Waals surface area contributed by atoms with Crippen molar-refractivity contribution in [2.24, 2.45) is 5.92 Å². The van der Waals surface area contributed by atoms with Crippen LogP contribution in [0.1, 0.15) is 35.1 Å². The molecular weight excluding hydrogens is 294 g/mol. The third-order valence-corrected chi connectivity index (χ3v) is 4.20. The van der Waals surface area contributed by atoms with Crippen LogP contribution < -0.4 is 5.32 Å². The average molecular weight is 310 g/mol. The quantitative estimate of drug-likeness (QED) is 0.887. The van der Waals surface area contributed by atoms with E-state index >= 15 is 0 Å². The molecule has 106 valence electrons. The van der Waals surface area contributed by atoms with E-state index in [0.29, 0.717) is 5.02 Å². The second-order valence-corrected chi connectivity index (χ2v) is 6.29. The van der Waals surface area contributed by atoms with E-state index < -0.39 is 0 Å². The normalized spacial score (nSPS) is 12.4. The summed E-state index contributed by atoms with van der Waals surface area (Å²) in [6, 6.07) is 8.31. The van der Waals surface area contributed by atoms with E-state index in [1.54, 1.807) is 17.4 Å². The Kier molecular flexibility index (Phi) is 4.68. The van der Waals surface area contributed by atoms with Crippen LogP contribution in [0, 0.1) is 5.92 Å². The first kappa shape index (κ1) is 14.9. The first-order chi connectivity index (χ1) is 9.49. The number of carbonyl (C=O) groups excluding carboxylic acids is 1. The summed E-state index contributed by atoms with van der Waals surface area (Å²) in [5.41, 5.74) is 0.194. The number of nitrogens with one attached hydrogen (secondary N) is 1. The van der Waals surface area contributed by atoms with Gasteiger partial charge in [-0.2, -0.15) is 0 Å². The summed E-state index contributed by atoms with van der Waals surface area (Å²) in [5, 5.41) is 15.1. The van der Waals surface area contributed by atoms with Crippen molar-refractivity contribution in [1.29, 1.82) is 0 Å². The largest absolute Gasteiger partial charge is 0.507 e. The van der Waals surface area contributed by atoms with Crippen molar-refractivity contribution in [2.45, 2.75) is 19.9 Å². The predicted octanol–water partition coefficient (Wildman–Crippen LogP) is 4.23. The highest BCUT2D eigenvalue weighted by Crippen LogP contribution is 2.28. The van der Waals surface area contributed by atoms with Gasteiger partial charge in [-0.1, -0.05) is 31.5 Å². The molecule has 2 aromatic rings. The second kappa shape index (κ2) is 6.29. The standard InChI is InChI=1S/C15H16ClNO2S/c1-9(2)14(13-4-3-7-20-13)17-15(19)11-8-10(16)5-6-12(11)18/h3-9,14,18H,1-2H3,(H,17,19). The number of halogens is 1. The van der Waals surface area contributed by atoms with Gasteiger partial charge in [-0.3, -0.25) is 4.79 Å². The smallest absolute Gasteiger partial charge is 0.255 e. The van der Waals surface area contributed by atoms with E-state index in [-0.39, 0.29) is 29.2 Å². The number of hydrogen-bond acceptors (Lipinski definition) is 3. The molecule has 1 aromatic heterocycles. The summed E-state index contributed by atoms with van der Waals surface area (Å²) in [7, 11) is 0. The monoisotopic (exact) mass is 309 g/mol. The van der Waals surface area contributed by atoms with Crippen molar-refractivity contribution in [3.05, 3.63) is 51.2 Å². The fourth-order valence-corrected chi connectivity index (χ4v) is 3.06. The van der Waals surface area contributed by atoms with Crippen LogP contribution in [0.5, 0.6) is 5.75 Å². The Morgan fingerprint density at radius 1 is 1.35 bits per heavy atom. The van der Waals surface area contributed by atoms with E-state index in [1.807, 2.05) is 31.4 Å². The van der Waals surface area contributed by atoms with Gasteiger partial charge in [0.15, 0.2) is 0 Å². The lowest BCUT2D eigenvalue weighted by Gasteiger charge is -2.21. The van der Waals surface area contributed by atoms with E-state index in [2.05, 4.69) is 5.32 Å². The maximum absolute atomic E-state index is 12.3. The van der Waals surface area contributed by atoms with Gasteiger partial charge in [0, 0.05) is 9.90 Å².